The number of carbonyl (C=O) groups excluding carboxylic acids is 2. The van der Waals surface area contributed by atoms with Crippen LogP contribution in [0.4, 0.5) is 10.5 Å². The van der Waals surface area contributed by atoms with E-state index < -0.39 is 0 Å². The van der Waals surface area contributed by atoms with Crippen LogP contribution in [-0.4, -0.2) is 37.1 Å². The first kappa shape index (κ1) is 21.6. The normalized spacial score (nSPS) is 13.5. The number of esters is 1. The molecule has 0 aliphatic carbocycles. The van der Waals surface area contributed by atoms with Gasteiger partial charge in [-0.05, 0) is 60.2 Å². The predicted octanol–water partition coefficient (Wildman–Crippen LogP) is 5.75. The van der Waals surface area contributed by atoms with Crippen molar-refractivity contribution in [3.05, 3.63) is 90.0 Å². The maximum absolute atomic E-state index is 13.6. The van der Waals surface area contributed by atoms with E-state index in [1.807, 2.05) is 52.3 Å². The Bertz CT molecular complexity index is 1060. The number of nitrogens with zero attached hydrogens (tertiary/aromatic N) is 2. The van der Waals surface area contributed by atoms with Gasteiger partial charge in [-0.1, -0.05) is 54.6 Å². The van der Waals surface area contributed by atoms with Crippen LogP contribution in [0, 0.1) is 0 Å². The first-order valence-corrected chi connectivity index (χ1v) is 11.0. The van der Waals surface area contributed by atoms with Gasteiger partial charge in [0.15, 0.2) is 0 Å². The minimum absolute atomic E-state index is 0.0203. The summed E-state index contributed by atoms with van der Waals surface area (Å²) in [4.78, 5) is 29.1. The first-order valence-electron chi connectivity index (χ1n) is 11.0. The average molecular weight is 429 g/mol. The number of amides is 2. The Morgan fingerprint density at radius 1 is 0.844 bits per heavy atom. The van der Waals surface area contributed by atoms with Crippen LogP contribution in [0.15, 0.2) is 78.9 Å². The summed E-state index contributed by atoms with van der Waals surface area (Å²) in [7, 11) is 1.37. The summed E-state index contributed by atoms with van der Waals surface area (Å²) < 4.78 is 4.79. The second-order valence-corrected chi connectivity index (χ2v) is 8.02. The van der Waals surface area contributed by atoms with Crippen LogP contribution in [0.5, 0.6) is 0 Å². The number of hydrogen-bond donors (Lipinski definition) is 0. The molecule has 1 fully saturated rings. The zero-order chi connectivity index (χ0) is 22.3. The molecule has 0 radical (unpaired) electrons. The maximum Gasteiger partial charge on any atom is 0.337 e. The van der Waals surface area contributed by atoms with Crippen molar-refractivity contribution in [2.75, 3.05) is 25.1 Å². The van der Waals surface area contributed by atoms with Crippen LogP contribution < -0.4 is 4.90 Å². The smallest absolute Gasteiger partial charge is 0.337 e. The van der Waals surface area contributed by atoms with Gasteiger partial charge in [-0.3, -0.25) is 4.90 Å². The molecule has 0 bridgehead atoms. The molecule has 1 aliphatic heterocycles. The number of rotatable bonds is 5. The van der Waals surface area contributed by atoms with Crippen LogP contribution in [0.25, 0.3) is 11.1 Å². The van der Waals surface area contributed by atoms with Gasteiger partial charge in [0.2, 0.25) is 0 Å². The number of urea groups is 1. The monoisotopic (exact) mass is 428 g/mol. The summed E-state index contributed by atoms with van der Waals surface area (Å²) >= 11 is 0. The molecule has 3 aromatic rings. The molecular weight excluding hydrogens is 400 g/mol. The van der Waals surface area contributed by atoms with E-state index in [4.69, 9.17) is 4.74 Å². The summed E-state index contributed by atoms with van der Waals surface area (Å²) in [5.74, 6) is -0.367. The van der Waals surface area contributed by atoms with Gasteiger partial charge in [0.25, 0.3) is 0 Å². The molecule has 1 heterocycles. The van der Waals surface area contributed by atoms with E-state index in [2.05, 4.69) is 24.3 Å². The summed E-state index contributed by atoms with van der Waals surface area (Å²) in [6, 6.07) is 25.5. The predicted molar refractivity (Wildman–Crippen MR) is 127 cm³/mol. The molecule has 5 nitrogen and oxygen atoms in total. The summed E-state index contributed by atoms with van der Waals surface area (Å²) in [5.41, 5.74) is 4.49. The SMILES string of the molecule is COC(=O)c1ccc(CN(C(=O)N2CCCCC2)c2cccc(-c3ccccc3)c2)cc1. The van der Waals surface area contributed by atoms with Crippen molar-refractivity contribution in [2.24, 2.45) is 0 Å². The van der Waals surface area contributed by atoms with E-state index >= 15 is 0 Å². The number of methoxy groups -OCH3 is 1. The topological polar surface area (TPSA) is 49.9 Å². The number of benzene rings is 3. The molecule has 4 rings (SSSR count). The van der Waals surface area contributed by atoms with E-state index in [0.717, 1.165) is 48.3 Å². The molecule has 3 aromatic carbocycles. The van der Waals surface area contributed by atoms with Gasteiger partial charge < -0.3 is 9.64 Å². The molecule has 32 heavy (non-hydrogen) atoms. The highest BCUT2D eigenvalue weighted by atomic mass is 16.5. The number of anilines is 1. The Morgan fingerprint density at radius 2 is 1.53 bits per heavy atom. The third kappa shape index (κ3) is 4.99. The molecular formula is C27H28N2O3. The van der Waals surface area contributed by atoms with Crippen LogP contribution in [0.3, 0.4) is 0 Å². The number of ether oxygens (including phenoxy) is 1. The fraction of sp³-hybridized carbons (Fsp3) is 0.259. The van der Waals surface area contributed by atoms with Gasteiger partial charge in [0.1, 0.15) is 0 Å². The second kappa shape index (κ2) is 10.1. The third-order valence-corrected chi connectivity index (χ3v) is 5.84. The molecule has 1 aliphatic rings. The molecule has 0 spiro atoms. The Hall–Kier alpha value is -3.60. The lowest BCUT2D eigenvalue weighted by molar-refractivity contribution is 0.0600. The van der Waals surface area contributed by atoms with Gasteiger partial charge in [-0.15, -0.1) is 0 Å². The molecule has 0 aromatic heterocycles. The Labute approximate surface area is 189 Å². The number of likely N-dealkylation sites (tertiary alicyclic amines) is 1. The molecule has 0 saturated carbocycles. The summed E-state index contributed by atoms with van der Waals surface area (Å²) in [6.07, 6.45) is 3.25. The second-order valence-electron chi connectivity index (χ2n) is 8.02. The van der Waals surface area contributed by atoms with Crippen LogP contribution >= 0.6 is 0 Å². The van der Waals surface area contributed by atoms with E-state index in [1.54, 1.807) is 12.1 Å². The molecule has 164 valence electrons. The lowest BCUT2D eigenvalue weighted by atomic mass is 10.0. The van der Waals surface area contributed by atoms with Crippen LogP contribution in [-0.2, 0) is 11.3 Å². The lowest BCUT2D eigenvalue weighted by Crippen LogP contribution is -2.45. The molecule has 1 saturated heterocycles. The highest BCUT2D eigenvalue weighted by Gasteiger charge is 2.24. The van der Waals surface area contributed by atoms with Crippen LogP contribution in [0.1, 0.15) is 35.2 Å². The van der Waals surface area contributed by atoms with Crippen molar-refractivity contribution in [3.8, 4) is 11.1 Å². The molecule has 0 unspecified atom stereocenters. The maximum atomic E-state index is 13.6. The van der Waals surface area contributed by atoms with Crippen LogP contribution in [0.2, 0.25) is 0 Å². The number of carbonyl (C=O) groups is 2. The molecule has 5 heteroatoms. The molecule has 0 N–H and O–H groups in total. The van der Waals surface area contributed by atoms with E-state index in [-0.39, 0.29) is 12.0 Å². The number of hydrogen-bond acceptors (Lipinski definition) is 3. The van der Waals surface area contributed by atoms with Crippen molar-refractivity contribution in [1.82, 2.24) is 4.90 Å². The molecule has 0 atom stereocenters. The van der Waals surface area contributed by atoms with Crippen molar-refractivity contribution in [1.29, 1.82) is 0 Å². The van der Waals surface area contributed by atoms with Gasteiger partial charge in [-0.2, -0.15) is 0 Å². The fourth-order valence-electron chi connectivity index (χ4n) is 4.06. The molecule has 2 amide bonds. The minimum atomic E-state index is -0.367. The van der Waals surface area contributed by atoms with Gasteiger partial charge in [0.05, 0.1) is 19.2 Å². The first-order chi connectivity index (χ1) is 15.7. The highest BCUT2D eigenvalue weighted by molar-refractivity contribution is 5.93. The van der Waals surface area contributed by atoms with Crippen molar-refractivity contribution in [2.45, 2.75) is 25.8 Å². The zero-order valence-electron chi connectivity index (χ0n) is 18.4. The quantitative estimate of drug-likeness (QED) is 0.486. The largest absolute Gasteiger partial charge is 0.465 e. The van der Waals surface area contributed by atoms with E-state index in [1.165, 1.54) is 13.5 Å². The van der Waals surface area contributed by atoms with Gasteiger partial charge >= 0.3 is 12.0 Å². The summed E-state index contributed by atoms with van der Waals surface area (Å²) in [6.45, 7) is 2.00. The van der Waals surface area contributed by atoms with Crippen molar-refractivity contribution in [3.63, 3.8) is 0 Å². The fourth-order valence-corrected chi connectivity index (χ4v) is 4.06. The Balaban J connectivity index is 1.65. The van der Waals surface area contributed by atoms with Gasteiger partial charge in [0, 0.05) is 18.8 Å². The standard InChI is InChI=1S/C27H28N2O3/c1-32-26(30)23-15-13-21(14-16-23)20-29(27(31)28-17-6-3-7-18-28)25-12-8-11-24(19-25)22-9-4-2-5-10-22/h2,4-5,8-16,19H,3,6-7,17-18,20H2,1H3. The van der Waals surface area contributed by atoms with Crippen molar-refractivity contribution >= 4 is 17.7 Å². The highest BCUT2D eigenvalue weighted by Crippen LogP contribution is 2.27. The average Bonchev–Trinajstić information content (AvgIpc) is 2.88. The van der Waals surface area contributed by atoms with E-state index in [0.29, 0.717) is 12.1 Å². The number of piperidine rings is 1. The zero-order valence-corrected chi connectivity index (χ0v) is 18.4. The van der Waals surface area contributed by atoms with E-state index in [9.17, 15) is 9.59 Å². The Kier molecular flexibility index (Phi) is 6.85. The summed E-state index contributed by atoms with van der Waals surface area (Å²) in [5, 5.41) is 0. The Morgan fingerprint density at radius 3 is 2.22 bits per heavy atom. The minimum Gasteiger partial charge on any atom is -0.465 e. The van der Waals surface area contributed by atoms with Crippen molar-refractivity contribution < 1.29 is 14.3 Å². The van der Waals surface area contributed by atoms with Gasteiger partial charge in [-0.25, -0.2) is 9.59 Å². The third-order valence-electron chi connectivity index (χ3n) is 5.84. The lowest BCUT2D eigenvalue weighted by Gasteiger charge is -2.33.